The Balaban J connectivity index is 1.77. The fraction of sp³-hybridized carbons (Fsp3) is 0.259. The van der Waals surface area contributed by atoms with E-state index in [4.69, 9.17) is 25.8 Å². The monoisotopic (exact) mass is 512 g/mol. The van der Waals surface area contributed by atoms with Gasteiger partial charge in [-0.1, -0.05) is 49.7 Å². The van der Waals surface area contributed by atoms with Crippen molar-refractivity contribution in [1.82, 2.24) is 5.43 Å². The van der Waals surface area contributed by atoms with Crippen LogP contribution in [-0.2, 0) is 6.61 Å². The highest BCUT2D eigenvalue weighted by molar-refractivity contribution is 6.32. The molecule has 0 aliphatic heterocycles. The maximum atomic E-state index is 12.3. The number of rotatable bonds is 11. The van der Waals surface area contributed by atoms with Crippen molar-refractivity contribution in [3.05, 3.63) is 81.9 Å². The molecule has 8 nitrogen and oxygen atoms in total. The number of carbonyl (C=O) groups excluding carboxylic acids is 1. The number of nitrogens with one attached hydrogen (secondary N) is 1. The summed E-state index contributed by atoms with van der Waals surface area (Å²) < 4.78 is 17.2. The number of nitrogens with zero attached hydrogens (tertiary/aromatic N) is 1. The highest BCUT2D eigenvalue weighted by atomic mass is 35.5. The first-order valence-electron chi connectivity index (χ1n) is 11.3. The summed E-state index contributed by atoms with van der Waals surface area (Å²) in [4.78, 5) is 12.3. The lowest BCUT2D eigenvalue weighted by atomic mass is 10.0. The Morgan fingerprint density at radius 2 is 1.81 bits per heavy atom. The van der Waals surface area contributed by atoms with Crippen LogP contribution in [0.1, 0.15) is 46.8 Å². The standard InChI is InChI=1S/C27H29ClN2O6/c1-17(2)20-6-4-18(5-7-20)16-36-26-24(34-3)12-19(13-25(26)35-11-10-31)15-29-30-27(33)21-8-9-23(32)22(28)14-21/h4-9,12-15,17,31-32H,10-11,16H2,1-3H3,(H,30,33)/b29-15+. The molecule has 0 saturated heterocycles. The van der Waals surface area contributed by atoms with E-state index in [1.165, 1.54) is 37.1 Å². The van der Waals surface area contributed by atoms with Gasteiger partial charge in [0.15, 0.2) is 11.5 Å². The smallest absolute Gasteiger partial charge is 0.271 e. The molecule has 36 heavy (non-hydrogen) atoms. The first kappa shape index (κ1) is 26.8. The van der Waals surface area contributed by atoms with E-state index in [0.29, 0.717) is 35.3 Å². The van der Waals surface area contributed by atoms with Crippen LogP contribution in [0.25, 0.3) is 0 Å². The predicted molar refractivity (Wildman–Crippen MR) is 139 cm³/mol. The Labute approximate surface area is 215 Å². The Morgan fingerprint density at radius 3 is 2.44 bits per heavy atom. The van der Waals surface area contributed by atoms with Crippen LogP contribution in [0.4, 0.5) is 0 Å². The van der Waals surface area contributed by atoms with Gasteiger partial charge in [0.2, 0.25) is 5.75 Å². The summed E-state index contributed by atoms with van der Waals surface area (Å²) in [6.07, 6.45) is 1.42. The van der Waals surface area contributed by atoms with Gasteiger partial charge in [0, 0.05) is 11.1 Å². The van der Waals surface area contributed by atoms with Crippen LogP contribution in [0, 0.1) is 0 Å². The Kier molecular flexibility index (Phi) is 9.55. The van der Waals surface area contributed by atoms with Gasteiger partial charge in [-0.3, -0.25) is 4.79 Å². The molecule has 0 aliphatic rings. The molecule has 0 bridgehead atoms. The third-order valence-electron chi connectivity index (χ3n) is 5.23. The lowest BCUT2D eigenvalue weighted by Gasteiger charge is -2.17. The van der Waals surface area contributed by atoms with Crippen molar-refractivity contribution in [3.8, 4) is 23.0 Å². The summed E-state index contributed by atoms with van der Waals surface area (Å²) in [5.74, 6) is 0.979. The lowest BCUT2D eigenvalue weighted by Crippen LogP contribution is -2.17. The number of hydrogen-bond donors (Lipinski definition) is 3. The number of ether oxygens (including phenoxy) is 3. The van der Waals surface area contributed by atoms with Crippen LogP contribution in [0.3, 0.4) is 0 Å². The number of hydrogen-bond acceptors (Lipinski definition) is 7. The SMILES string of the molecule is COc1cc(/C=N/NC(=O)c2ccc(O)c(Cl)c2)cc(OCCO)c1OCc1ccc(C(C)C)cc1. The molecule has 0 unspecified atom stereocenters. The molecular weight excluding hydrogens is 484 g/mol. The van der Waals surface area contributed by atoms with E-state index in [1.54, 1.807) is 12.1 Å². The summed E-state index contributed by atoms with van der Waals surface area (Å²) >= 11 is 5.85. The first-order chi connectivity index (χ1) is 17.3. The molecule has 0 fully saturated rings. The maximum Gasteiger partial charge on any atom is 0.271 e. The number of amides is 1. The highest BCUT2D eigenvalue weighted by Gasteiger charge is 2.15. The minimum absolute atomic E-state index is 0.0571. The van der Waals surface area contributed by atoms with Crippen LogP contribution in [-0.4, -0.2) is 42.7 Å². The van der Waals surface area contributed by atoms with E-state index in [2.05, 4.69) is 36.5 Å². The van der Waals surface area contributed by atoms with Crippen molar-refractivity contribution >= 4 is 23.7 Å². The predicted octanol–water partition coefficient (Wildman–Crippen LogP) is 4.89. The van der Waals surface area contributed by atoms with Crippen molar-refractivity contribution in [2.45, 2.75) is 26.4 Å². The zero-order valence-electron chi connectivity index (χ0n) is 20.3. The second-order valence-electron chi connectivity index (χ2n) is 8.17. The van der Waals surface area contributed by atoms with E-state index in [9.17, 15) is 15.0 Å². The normalized spacial score (nSPS) is 11.1. The fourth-order valence-electron chi connectivity index (χ4n) is 3.26. The molecule has 1 amide bonds. The average Bonchev–Trinajstić information content (AvgIpc) is 2.88. The molecule has 0 saturated carbocycles. The van der Waals surface area contributed by atoms with Gasteiger partial charge in [-0.05, 0) is 47.4 Å². The van der Waals surface area contributed by atoms with E-state index in [-0.39, 0.29) is 29.5 Å². The minimum Gasteiger partial charge on any atom is -0.506 e. The van der Waals surface area contributed by atoms with Crippen molar-refractivity contribution < 1.29 is 29.2 Å². The van der Waals surface area contributed by atoms with E-state index in [0.717, 1.165) is 5.56 Å². The quantitative estimate of drug-likeness (QED) is 0.249. The number of aliphatic hydroxyl groups is 1. The lowest BCUT2D eigenvalue weighted by molar-refractivity contribution is 0.0955. The molecule has 0 radical (unpaired) electrons. The van der Waals surface area contributed by atoms with Crippen LogP contribution in [0.15, 0.2) is 59.7 Å². The van der Waals surface area contributed by atoms with Crippen molar-refractivity contribution in [1.29, 1.82) is 0 Å². The van der Waals surface area contributed by atoms with Gasteiger partial charge in [-0.15, -0.1) is 0 Å². The van der Waals surface area contributed by atoms with E-state index >= 15 is 0 Å². The number of methoxy groups -OCH3 is 1. The third-order valence-corrected chi connectivity index (χ3v) is 5.53. The summed E-state index contributed by atoms with van der Waals surface area (Å²) in [6, 6.07) is 15.6. The van der Waals surface area contributed by atoms with Gasteiger partial charge in [0.05, 0.1) is 25.0 Å². The number of halogens is 1. The number of aromatic hydroxyl groups is 1. The molecule has 3 aromatic rings. The Morgan fingerprint density at radius 1 is 1.08 bits per heavy atom. The zero-order valence-corrected chi connectivity index (χ0v) is 21.1. The van der Waals surface area contributed by atoms with Crippen molar-refractivity contribution in [2.24, 2.45) is 5.10 Å². The average molecular weight is 513 g/mol. The van der Waals surface area contributed by atoms with Crippen LogP contribution < -0.4 is 19.6 Å². The summed E-state index contributed by atoms with van der Waals surface area (Å²) in [7, 11) is 1.51. The summed E-state index contributed by atoms with van der Waals surface area (Å²) in [5.41, 5.74) is 5.44. The van der Waals surface area contributed by atoms with Gasteiger partial charge >= 0.3 is 0 Å². The van der Waals surface area contributed by atoms with Gasteiger partial charge < -0.3 is 24.4 Å². The number of benzene rings is 3. The first-order valence-corrected chi connectivity index (χ1v) is 11.7. The molecule has 3 rings (SSSR count). The second kappa shape index (κ2) is 12.8. The molecule has 3 N–H and O–H groups in total. The molecule has 3 aromatic carbocycles. The van der Waals surface area contributed by atoms with Gasteiger partial charge in [-0.25, -0.2) is 5.43 Å². The number of phenolic OH excluding ortho intramolecular Hbond substituents is 1. The minimum atomic E-state index is -0.500. The number of carbonyl (C=O) groups is 1. The fourth-order valence-corrected chi connectivity index (χ4v) is 3.44. The Hall–Kier alpha value is -3.75. The van der Waals surface area contributed by atoms with Crippen LogP contribution >= 0.6 is 11.6 Å². The molecule has 0 aromatic heterocycles. The molecule has 0 heterocycles. The number of phenols is 1. The molecule has 0 aliphatic carbocycles. The number of hydrazone groups is 1. The third kappa shape index (κ3) is 7.13. The Bertz CT molecular complexity index is 1210. The topological polar surface area (TPSA) is 110 Å². The molecule has 9 heteroatoms. The van der Waals surface area contributed by atoms with E-state index in [1.807, 2.05) is 12.1 Å². The highest BCUT2D eigenvalue weighted by Crippen LogP contribution is 2.39. The summed E-state index contributed by atoms with van der Waals surface area (Å²) in [5, 5.41) is 22.8. The number of aliphatic hydroxyl groups excluding tert-OH is 1. The van der Waals surface area contributed by atoms with Crippen molar-refractivity contribution in [2.75, 3.05) is 20.3 Å². The van der Waals surface area contributed by atoms with Gasteiger partial charge in [0.25, 0.3) is 5.91 Å². The molecule has 190 valence electrons. The zero-order chi connectivity index (χ0) is 26.1. The van der Waals surface area contributed by atoms with Gasteiger partial charge in [-0.2, -0.15) is 5.10 Å². The summed E-state index contributed by atoms with van der Waals surface area (Å²) in [6.45, 7) is 4.45. The molecular formula is C27H29ClN2O6. The second-order valence-corrected chi connectivity index (χ2v) is 8.58. The molecule has 0 spiro atoms. The molecule has 0 atom stereocenters. The van der Waals surface area contributed by atoms with Crippen LogP contribution in [0.2, 0.25) is 5.02 Å². The largest absolute Gasteiger partial charge is 0.506 e. The van der Waals surface area contributed by atoms with E-state index < -0.39 is 5.91 Å². The maximum absolute atomic E-state index is 12.3. The van der Waals surface area contributed by atoms with Gasteiger partial charge in [0.1, 0.15) is 19.0 Å². The van der Waals surface area contributed by atoms with Crippen LogP contribution in [0.5, 0.6) is 23.0 Å². The van der Waals surface area contributed by atoms with Crippen molar-refractivity contribution in [3.63, 3.8) is 0 Å².